The average molecular weight is 363 g/mol. The van der Waals surface area contributed by atoms with Crippen LogP contribution in [0.2, 0.25) is 0 Å². The van der Waals surface area contributed by atoms with Crippen molar-refractivity contribution in [1.29, 1.82) is 0 Å². The number of rotatable bonds is 6. The molecule has 0 spiro atoms. The van der Waals surface area contributed by atoms with E-state index < -0.39 is 0 Å². The summed E-state index contributed by atoms with van der Waals surface area (Å²) in [6, 6.07) is 0.119. The molecule has 0 aliphatic heterocycles. The molecule has 5 fully saturated rings. The number of nitrogens with two attached hydrogens (primary N) is 1. The monoisotopic (exact) mass is 362 g/mol. The molecule has 6 nitrogen and oxygen atoms in total. The van der Waals surface area contributed by atoms with Gasteiger partial charge in [-0.25, -0.2) is 4.79 Å². The topological polar surface area (TPSA) is 96.2 Å². The normalized spacial score (nSPS) is 40.4. The maximum atomic E-state index is 12.4. The van der Waals surface area contributed by atoms with Gasteiger partial charge < -0.3 is 21.7 Å². The Hall–Kier alpha value is -1.30. The van der Waals surface area contributed by atoms with Crippen LogP contribution in [-0.4, -0.2) is 36.6 Å². The second-order valence-corrected chi connectivity index (χ2v) is 9.43. The number of urea groups is 1. The lowest BCUT2D eigenvalue weighted by molar-refractivity contribution is -0.121. The van der Waals surface area contributed by atoms with Crippen molar-refractivity contribution in [1.82, 2.24) is 16.0 Å². The van der Waals surface area contributed by atoms with Gasteiger partial charge in [-0.15, -0.1) is 0 Å². The van der Waals surface area contributed by atoms with E-state index in [1.807, 2.05) is 0 Å². The van der Waals surface area contributed by atoms with E-state index in [-0.39, 0.29) is 23.5 Å². The van der Waals surface area contributed by atoms with Gasteiger partial charge in [-0.1, -0.05) is 6.42 Å². The molecule has 2 atom stereocenters. The fourth-order valence-electron chi connectivity index (χ4n) is 6.63. The fraction of sp³-hybridized carbons (Fsp3) is 0.900. The van der Waals surface area contributed by atoms with Crippen LogP contribution in [0.1, 0.15) is 64.2 Å². The third kappa shape index (κ3) is 3.85. The second kappa shape index (κ2) is 7.37. The Balaban J connectivity index is 1.18. The molecule has 5 saturated carbocycles. The maximum Gasteiger partial charge on any atom is 0.315 e. The lowest BCUT2D eigenvalue weighted by Crippen LogP contribution is -2.61. The Morgan fingerprint density at radius 1 is 1.00 bits per heavy atom. The number of nitrogens with one attached hydrogen (secondary N) is 3. The first-order valence-corrected chi connectivity index (χ1v) is 10.6. The molecule has 5 aliphatic carbocycles. The van der Waals surface area contributed by atoms with Crippen molar-refractivity contribution in [2.75, 3.05) is 13.1 Å². The van der Waals surface area contributed by atoms with Crippen LogP contribution < -0.4 is 21.7 Å². The summed E-state index contributed by atoms with van der Waals surface area (Å²) in [6.45, 7) is 1.03. The minimum Gasteiger partial charge on any atom is -0.353 e. The largest absolute Gasteiger partial charge is 0.353 e. The fourth-order valence-corrected chi connectivity index (χ4v) is 6.63. The molecule has 5 N–H and O–H groups in total. The molecule has 0 saturated heterocycles. The number of carbonyl (C=O) groups is 2. The quantitative estimate of drug-likeness (QED) is 0.581. The minimum atomic E-state index is -0.0968. The highest BCUT2D eigenvalue weighted by molar-refractivity contribution is 5.78. The SMILES string of the molecule is NCC1CCCC1NC(=O)CCNC(=O)NC12CC3CC(CC(C3)C1)C2. The van der Waals surface area contributed by atoms with Crippen molar-refractivity contribution >= 4 is 11.9 Å². The van der Waals surface area contributed by atoms with Gasteiger partial charge in [-0.3, -0.25) is 4.79 Å². The molecule has 146 valence electrons. The van der Waals surface area contributed by atoms with Crippen LogP contribution in [0.25, 0.3) is 0 Å². The third-order valence-corrected chi connectivity index (χ3v) is 7.36. The Bertz CT molecular complexity index is 515. The first-order valence-electron chi connectivity index (χ1n) is 10.6. The highest BCUT2D eigenvalue weighted by Crippen LogP contribution is 2.55. The van der Waals surface area contributed by atoms with Gasteiger partial charge in [0, 0.05) is 24.5 Å². The molecule has 3 amide bonds. The minimum absolute atomic E-state index is 0.0189. The average Bonchev–Trinajstić information content (AvgIpc) is 3.00. The Morgan fingerprint density at radius 3 is 2.27 bits per heavy atom. The zero-order chi connectivity index (χ0) is 18.1. The molecule has 0 aromatic rings. The molecule has 26 heavy (non-hydrogen) atoms. The highest BCUT2D eigenvalue weighted by Gasteiger charge is 2.51. The van der Waals surface area contributed by atoms with Gasteiger partial charge >= 0.3 is 6.03 Å². The molecule has 2 unspecified atom stereocenters. The molecule has 0 radical (unpaired) electrons. The Kier molecular flexibility index (Phi) is 5.13. The van der Waals surface area contributed by atoms with Crippen molar-refractivity contribution < 1.29 is 9.59 Å². The molecule has 0 aromatic carbocycles. The summed E-state index contributed by atoms with van der Waals surface area (Å²) in [5.41, 5.74) is 5.79. The zero-order valence-corrected chi connectivity index (χ0v) is 15.8. The molecule has 4 bridgehead atoms. The van der Waals surface area contributed by atoms with E-state index in [1.165, 1.54) is 19.3 Å². The number of hydrogen-bond acceptors (Lipinski definition) is 3. The summed E-state index contributed by atoms with van der Waals surface area (Å²) in [5.74, 6) is 2.87. The van der Waals surface area contributed by atoms with E-state index in [4.69, 9.17) is 5.73 Å². The Labute approximate surface area is 156 Å². The van der Waals surface area contributed by atoms with Gasteiger partial charge in [0.15, 0.2) is 0 Å². The molecular formula is C20H34N4O2. The van der Waals surface area contributed by atoms with Crippen LogP contribution in [0.5, 0.6) is 0 Å². The summed E-state index contributed by atoms with van der Waals surface area (Å²) in [7, 11) is 0. The summed E-state index contributed by atoms with van der Waals surface area (Å²) >= 11 is 0. The zero-order valence-electron chi connectivity index (χ0n) is 15.8. The summed E-state index contributed by atoms with van der Waals surface area (Å²) in [4.78, 5) is 24.5. The molecule has 0 heterocycles. The maximum absolute atomic E-state index is 12.4. The van der Waals surface area contributed by atoms with Gasteiger partial charge in [-0.05, 0) is 81.6 Å². The molecule has 5 aliphatic rings. The molecule has 5 rings (SSSR count). The van der Waals surface area contributed by atoms with E-state index in [0.29, 0.717) is 25.4 Å². The predicted octanol–water partition coefficient (Wildman–Crippen LogP) is 1.89. The number of carbonyl (C=O) groups excluding carboxylic acids is 2. The van der Waals surface area contributed by atoms with Crippen molar-refractivity contribution in [3.8, 4) is 0 Å². The summed E-state index contributed by atoms with van der Waals surface area (Å²) in [6.07, 6.45) is 11.1. The molecular weight excluding hydrogens is 328 g/mol. The number of hydrogen-bond donors (Lipinski definition) is 4. The second-order valence-electron chi connectivity index (χ2n) is 9.43. The van der Waals surface area contributed by atoms with Gasteiger partial charge in [0.2, 0.25) is 5.91 Å². The summed E-state index contributed by atoms with van der Waals surface area (Å²) in [5, 5.41) is 9.28. The summed E-state index contributed by atoms with van der Waals surface area (Å²) < 4.78 is 0. The van der Waals surface area contributed by atoms with Crippen LogP contribution in [-0.2, 0) is 4.79 Å². The van der Waals surface area contributed by atoms with Crippen molar-refractivity contribution in [3.05, 3.63) is 0 Å². The van der Waals surface area contributed by atoms with Gasteiger partial charge in [0.1, 0.15) is 0 Å². The van der Waals surface area contributed by atoms with E-state index >= 15 is 0 Å². The van der Waals surface area contributed by atoms with Crippen LogP contribution in [0.3, 0.4) is 0 Å². The predicted molar refractivity (Wildman–Crippen MR) is 100 cm³/mol. The van der Waals surface area contributed by atoms with Gasteiger partial charge in [0.25, 0.3) is 0 Å². The van der Waals surface area contributed by atoms with Crippen LogP contribution in [0, 0.1) is 23.7 Å². The van der Waals surface area contributed by atoms with Gasteiger partial charge in [-0.2, -0.15) is 0 Å². The standard InChI is InChI=1S/C20H34N4O2/c21-12-16-2-1-3-17(16)23-18(25)4-5-22-19(26)24-20-9-13-6-14(10-20)8-15(7-13)11-20/h13-17H,1-12,21H2,(H,23,25)(H2,22,24,26). The van der Waals surface area contributed by atoms with Gasteiger partial charge in [0.05, 0.1) is 0 Å². The smallest absolute Gasteiger partial charge is 0.315 e. The van der Waals surface area contributed by atoms with E-state index in [0.717, 1.165) is 56.3 Å². The van der Waals surface area contributed by atoms with E-state index in [1.54, 1.807) is 0 Å². The third-order valence-electron chi connectivity index (χ3n) is 7.36. The van der Waals surface area contributed by atoms with Crippen molar-refractivity contribution in [2.45, 2.75) is 75.8 Å². The van der Waals surface area contributed by atoms with E-state index in [2.05, 4.69) is 16.0 Å². The number of amides is 3. The molecule has 0 aromatic heterocycles. The Morgan fingerprint density at radius 2 is 1.65 bits per heavy atom. The van der Waals surface area contributed by atoms with Crippen LogP contribution in [0.15, 0.2) is 0 Å². The van der Waals surface area contributed by atoms with Crippen molar-refractivity contribution in [2.24, 2.45) is 29.4 Å². The lowest BCUT2D eigenvalue weighted by atomic mass is 9.53. The highest BCUT2D eigenvalue weighted by atomic mass is 16.2. The van der Waals surface area contributed by atoms with Crippen molar-refractivity contribution in [3.63, 3.8) is 0 Å². The first kappa shape index (κ1) is 18.1. The molecule has 6 heteroatoms. The lowest BCUT2D eigenvalue weighted by Gasteiger charge is -2.56. The first-order chi connectivity index (χ1) is 12.5. The van der Waals surface area contributed by atoms with Crippen LogP contribution in [0.4, 0.5) is 4.79 Å². The van der Waals surface area contributed by atoms with Crippen LogP contribution >= 0.6 is 0 Å². The van der Waals surface area contributed by atoms with E-state index in [9.17, 15) is 9.59 Å².